The normalized spacial score (nSPS) is 11.9. The molecule has 0 bridgehead atoms. The Balaban J connectivity index is 0.00000374. The van der Waals surface area contributed by atoms with E-state index < -0.39 is 0 Å². The second-order valence-corrected chi connectivity index (χ2v) is 14.3. The predicted octanol–water partition coefficient (Wildman–Crippen LogP) is 11.9. The van der Waals surface area contributed by atoms with E-state index in [0.29, 0.717) is 0 Å². The van der Waals surface area contributed by atoms with Crippen LogP contribution in [0.15, 0.2) is 127 Å². The molecule has 9 aromatic rings. The summed E-state index contributed by atoms with van der Waals surface area (Å²) < 4.78 is 2.39. The minimum Gasteiger partial charge on any atom is -0.350 e. The van der Waals surface area contributed by atoms with Crippen LogP contribution < -0.4 is 4.90 Å². The predicted molar refractivity (Wildman–Crippen MR) is 208 cm³/mol. The largest absolute Gasteiger partial charge is 2.00 e. The molecule has 250 valence electrons. The second kappa shape index (κ2) is 12.5. The Hall–Kier alpha value is -5.31. The summed E-state index contributed by atoms with van der Waals surface area (Å²) in [6, 6.07) is 51.8. The summed E-state index contributed by atoms with van der Waals surface area (Å²) in [5.74, 6) is 1.62. The van der Waals surface area contributed by atoms with Crippen LogP contribution in [0.3, 0.4) is 0 Å². The van der Waals surface area contributed by atoms with E-state index in [1.807, 2.05) is 18.2 Å². The zero-order valence-electron chi connectivity index (χ0n) is 29.2. The van der Waals surface area contributed by atoms with E-state index in [4.69, 9.17) is 9.97 Å². The van der Waals surface area contributed by atoms with Crippen molar-refractivity contribution in [1.29, 1.82) is 0 Å². The number of fused-ring (bicyclic) bond motifs is 6. The molecule has 4 aromatic heterocycles. The summed E-state index contributed by atoms with van der Waals surface area (Å²) in [5.41, 5.74) is 11.8. The molecule has 0 aliphatic heterocycles. The van der Waals surface area contributed by atoms with Gasteiger partial charge in [-0.25, -0.2) is 0 Å². The van der Waals surface area contributed by atoms with Gasteiger partial charge in [-0.15, -0.1) is 59.7 Å². The van der Waals surface area contributed by atoms with Crippen LogP contribution in [0.1, 0.15) is 37.5 Å². The standard InChI is InChI=1S/C46H36N4.Pt/c1-29-14-11-15-30(2)44(29)50(43-28-33(46(3,4)5)27-39(48-43)31-16-7-6-8-17-31)42-23-13-21-38(47-42)32-24-25-41-37(26-32)36-20-12-19-35-34-18-9-10-22-40(34)49(41)45(35)36;/h6-16,18-23,25-28H,1-5H3;/q-2;+2. The van der Waals surface area contributed by atoms with E-state index in [-0.39, 0.29) is 26.5 Å². The molecule has 0 atom stereocenters. The van der Waals surface area contributed by atoms with Crippen molar-refractivity contribution in [1.82, 2.24) is 14.4 Å². The molecule has 9 rings (SSSR count). The van der Waals surface area contributed by atoms with Crippen LogP contribution in [0.2, 0.25) is 0 Å². The Kier molecular flexibility index (Phi) is 8.04. The first-order valence-electron chi connectivity index (χ1n) is 17.2. The van der Waals surface area contributed by atoms with Crippen molar-refractivity contribution >= 4 is 55.4 Å². The molecule has 0 saturated carbocycles. The Labute approximate surface area is 313 Å². The van der Waals surface area contributed by atoms with E-state index in [2.05, 4.69) is 165 Å². The van der Waals surface area contributed by atoms with Crippen molar-refractivity contribution in [2.45, 2.75) is 40.0 Å². The van der Waals surface area contributed by atoms with Gasteiger partial charge < -0.3 is 4.40 Å². The number of hydrogen-bond acceptors (Lipinski definition) is 3. The number of rotatable bonds is 5. The number of para-hydroxylation sites is 3. The van der Waals surface area contributed by atoms with E-state index in [9.17, 15) is 0 Å². The number of hydrogen-bond donors (Lipinski definition) is 0. The molecule has 4 nitrogen and oxygen atoms in total. The molecule has 5 heteroatoms. The van der Waals surface area contributed by atoms with E-state index in [1.54, 1.807) is 0 Å². The van der Waals surface area contributed by atoms with E-state index in [1.165, 1.54) is 38.1 Å². The first-order chi connectivity index (χ1) is 24.3. The maximum absolute atomic E-state index is 5.37. The van der Waals surface area contributed by atoms with Crippen LogP contribution in [-0.4, -0.2) is 14.4 Å². The summed E-state index contributed by atoms with van der Waals surface area (Å²) in [4.78, 5) is 12.9. The average molecular weight is 840 g/mol. The van der Waals surface area contributed by atoms with Gasteiger partial charge in [-0.05, 0) is 76.4 Å². The number of nitrogens with zero attached hydrogens (tertiary/aromatic N) is 4. The SMILES string of the molecule is Cc1cccc(C)c1N(c1cccc(-c2[c-]cc3c(c2)c2cccc4c5ccccc5n3c24)n1)c1cc(C(C)(C)C)cc(-c2[c-]cccc2)n1.[Pt+2]. The average Bonchev–Trinajstić information content (AvgIpc) is 3.65. The summed E-state index contributed by atoms with van der Waals surface area (Å²) in [5, 5.41) is 4.99. The summed E-state index contributed by atoms with van der Waals surface area (Å²) in [6.07, 6.45) is 0. The monoisotopic (exact) mass is 839 g/mol. The third kappa shape index (κ3) is 5.41. The van der Waals surface area contributed by atoms with Crippen LogP contribution in [0, 0.1) is 26.0 Å². The minimum atomic E-state index is -0.102. The van der Waals surface area contributed by atoms with Gasteiger partial charge in [0.2, 0.25) is 0 Å². The second-order valence-electron chi connectivity index (χ2n) is 14.3. The Morgan fingerprint density at radius 3 is 2.04 bits per heavy atom. The molecule has 5 aromatic carbocycles. The third-order valence-electron chi connectivity index (χ3n) is 9.95. The number of benzene rings is 5. The number of aryl methyl sites for hydroxylation is 2. The van der Waals surface area contributed by atoms with Crippen LogP contribution in [0.4, 0.5) is 17.3 Å². The Morgan fingerprint density at radius 2 is 1.27 bits per heavy atom. The fourth-order valence-corrected chi connectivity index (χ4v) is 7.48. The first kappa shape index (κ1) is 32.9. The van der Waals surface area contributed by atoms with Gasteiger partial charge in [0.1, 0.15) is 11.6 Å². The molecule has 0 spiro atoms. The Bertz CT molecular complexity index is 2700. The summed E-state index contributed by atoms with van der Waals surface area (Å²) >= 11 is 0. The van der Waals surface area contributed by atoms with Crippen molar-refractivity contribution in [3.05, 3.63) is 156 Å². The molecule has 0 N–H and O–H groups in total. The molecular formula is C46H36N4Pt. The smallest absolute Gasteiger partial charge is 0.350 e. The Morgan fingerprint density at radius 1 is 0.588 bits per heavy atom. The van der Waals surface area contributed by atoms with Crippen molar-refractivity contribution in [3.63, 3.8) is 0 Å². The fraction of sp³-hybridized carbons (Fsp3) is 0.130. The molecule has 0 saturated heterocycles. The molecule has 0 radical (unpaired) electrons. The quantitative estimate of drug-likeness (QED) is 0.162. The van der Waals surface area contributed by atoms with Crippen LogP contribution in [0.5, 0.6) is 0 Å². The van der Waals surface area contributed by atoms with Crippen molar-refractivity contribution < 1.29 is 21.1 Å². The maximum Gasteiger partial charge on any atom is 2.00 e. The molecule has 0 amide bonds. The van der Waals surface area contributed by atoms with Gasteiger partial charge in [0.05, 0.1) is 11.2 Å². The van der Waals surface area contributed by atoms with Crippen LogP contribution in [0.25, 0.3) is 60.6 Å². The zero-order valence-corrected chi connectivity index (χ0v) is 31.5. The van der Waals surface area contributed by atoms with E-state index >= 15 is 0 Å². The molecule has 4 heterocycles. The molecular weight excluding hydrogens is 804 g/mol. The van der Waals surface area contributed by atoms with Crippen LogP contribution in [-0.2, 0) is 26.5 Å². The summed E-state index contributed by atoms with van der Waals surface area (Å²) in [7, 11) is 0. The van der Waals surface area contributed by atoms with E-state index in [0.717, 1.165) is 56.5 Å². The number of pyridine rings is 2. The van der Waals surface area contributed by atoms with Crippen molar-refractivity contribution in [3.8, 4) is 22.5 Å². The van der Waals surface area contributed by atoms with Crippen molar-refractivity contribution in [2.75, 3.05) is 4.90 Å². The number of aromatic nitrogens is 3. The molecule has 0 aliphatic rings. The van der Waals surface area contributed by atoms with Gasteiger partial charge in [-0.2, -0.15) is 0 Å². The van der Waals surface area contributed by atoms with Gasteiger partial charge in [0.25, 0.3) is 0 Å². The van der Waals surface area contributed by atoms with Crippen LogP contribution >= 0.6 is 0 Å². The topological polar surface area (TPSA) is 33.4 Å². The van der Waals surface area contributed by atoms with Gasteiger partial charge in [-0.1, -0.05) is 99.0 Å². The third-order valence-corrected chi connectivity index (χ3v) is 9.95. The molecule has 0 aliphatic carbocycles. The van der Waals surface area contributed by atoms with Gasteiger partial charge in [0, 0.05) is 16.3 Å². The fourth-order valence-electron chi connectivity index (χ4n) is 7.48. The maximum atomic E-state index is 5.37. The zero-order chi connectivity index (χ0) is 34.1. The summed E-state index contributed by atoms with van der Waals surface area (Å²) in [6.45, 7) is 11.1. The van der Waals surface area contributed by atoms with Gasteiger partial charge in [-0.3, -0.25) is 14.9 Å². The van der Waals surface area contributed by atoms with Crippen molar-refractivity contribution in [2.24, 2.45) is 0 Å². The minimum absolute atomic E-state index is 0. The van der Waals surface area contributed by atoms with Gasteiger partial charge in [0.15, 0.2) is 0 Å². The molecule has 0 fully saturated rings. The molecule has 51 heavy (non-hydrogen) atoms. The first-order valence-corrected chi connectivity index (χ1v) is 17.2. The molecule has 0 unspecified atom stereocenters. The van der Waals surface area contributed by atoms with Gasteiger partial charge >= 0.3 is 21.1 Å². The number of anilines is 3.